The minimum atomic E-state index is 0.0315. The molecular formula is C17H20ClNO2. The second-order valence-corrected chi connectivity index (χ2v) is 4.96. The van der Waals surface area contributed by atoms with Gasteiger partial charge < -0.3 is 14.8 Å². The van der Waals surface area contributed by atoms with Crippen molar-refractivity contribution in [2.75, 3.05) is 20.3 Å². The van der Waals surface area contributed by atoms with Crippen LogP contribution in [0.5, 0.6) is 11.5 Å². The van der Waals surface area contributed by atoms with E-state index in [1.165, 1.54) is 0 Å². The molecule has 21 heavy (non-hydrogen) atoms. The van der Waals surface area contributed by atoms with Crippen molar-refractivity contribution in [2.45, 2.75) is 13.0 Å². The lowest BCUT2D eigenvalue weighted by Gasteiger charge is -2.20. The zero-order valence-corrected chi connectivity index (χ0v) is 13.1. The molecule has 1 unspecified atom stereocenters. The minimum Gasteiger partial charge on any atom is -0.494 e. The number of hydrogen-bond acceptors (Lipinski definition) is 3. The number of hydrogen-bond donors (Lipinski definition) is 1. The summed E-state index contributed by atoms with van der Waals surface area (Å²) < 4.78 is 11.5. The average Bonchev–Trinajstić information content (AvgIpc) is 2.51. The van der Waals surface area contributed by atoms with Gasteiger partial charge in [-0.15, -0.1) is 0 Å². The molecule has 0 saturated heterocycles. The van der Waals surface area contributed by atoms with E-state index < -0.39 is 0 Å². The van der Waals surface area contributed by atoms with Crippen molar-refractivity contribution >= 4 is 11.6 Å². The van der Waals surface area contributed by atoms with Gasteiger partial charge in [-0.3, -0.25) is 0 Å². The van der Waals surface area contributed by atoms with E-state index in [9.17, 15) is 0 Å². The molecule has 1 N–H and O–H groups in total. The van der Waals surface area contributed by atoms with Gasteiger partial charge in [-0.05, 0) is 32.2 Å². The number of halogens is 1. The van der Waals surface area contributed by atoms with Crippen molar-refractivity contribution in [3.63, 3.8) is 0 Å². The Balaban J connectivity index is 2.12. The molecule has 0 aliphatic heterocycles. The fraction of sp³-hybridized carbons (Fsp3) is 0.294. The number of rotatable bonds is 7. The van der Waals surface area contributed by atoms with Crippen LogP contribution in [0.1, 0.15) is 18.5 Å². The minimum absolute atomic E-state index is 0.0315. The van der Waals surface area contributed by atoms with Gasteiger partial charge in [-0.25, -0.2) is 0 Å². The first kappa shape index (κ1) is 15.7. The average molecular weight is 306 g/mol. The molecule has 0 aromatic heterocycles. The zero-order valence-electron chi connectivity index (χ0n) is 12.3. The number of benzene rings is 2. The Morgan fingerprint density at radius 1 is 1.00 bits per heavy atom. The van der Waals surface area contributed by atoms with E-state index in [4.69, 9.17) is 21.1 Å². The molecule has 4 heteroatoms. The van der Waals surface area contributed by atoms with Crippen LogP contribution < -0.4 is 14.8 Å². The van der Waals surface area contributed by atoms with Crippen LogP contribution in [0.4, 0.5) is 0 Å². The highest BCUT2D eigenvalue weighted by Crippen LogP contribution is 2.28. The van der Waals surface area contributed by atoms with Crippen LogP contribution >= 0.6 is 11.6 Å². The monoisotopic (exact) mass is 305 g/mol. The molecule has 2 aromatic rings. The molecule has 3 nitrogen and oxygen atoms in total. The summed E-state index contributed by atoms with van der Waals surface area (Å²) in [6.07, 6.45) is 0. The van der Waals surface area contributed by atoms with Crippen LogP contribution in [0, 0.1) is 0 Å². The molecule has 112 valence electrons. The van der Waals surface area contributed by atoms with Crippen LogP contribution in [0.3, 0.4) is 0 Å². The molecule has 0 radical (unpaired) electrons. The Labute approximate surface area is 130 Å². The summed E-state index contributed by atoms with van der Waals surface area (Å²) >= 11 is 6.11. The quantitative estimate of drug-likeness (QED) is 0.836. The third-order valence-corrected chi connectivity index (χ3v) is 3.50. The van der Waals surface area contributed by atoms with Gasteiger partial charge in [0.25, 0.3) is 0 Å². The normalized spacial score (nSPS) is 12.0. The summed E-state index contributed by atoms with van der Waals surface area (Å²) in [5.41, 5.74) is 1.08. The summed E-state index contributed by atoms with van der Waals surface area (Å²) in [6.45, 7) is 3.09. The van der Waals surface area contributed by atoms with Crippen LogP contribution in [-0.4, -0.2) is 20.3 Å². The van der Waals surface area contributed by atoms with Gasteiger partial charge >= 0.3 is 0 Å². The third kappa shape index (κ3) is 4.13. The maximum absolute atomic E-state index is 6.11. The van der Waals surface area contributed by atoms with E-state index in [-0.39, 0.29) is 6.04 Å². The number of nitrogens with one attached hydrogen (secondary N) is 1. The number of ether oxygens (including phenoxy) is 2. The van der Waals surface area contributed by atoms with E-state index >= 15 is 0 Å². The number of likely N-dealkylation sites (N-methyl/N-ethyl adjacent to an activating group) is 1. The van der Waals surface area contributed by atoms with Crippen LogP contribution in [0.15, 0.2) is 48.5 Å². The SMILES string of the molecule is CCOc1ccccc1C(COc1ccccc1Cl)NC. The first-order chi connectivity index (χ1) is 10.3. The van der Waals surface area contributed by atoms with E-state index in [0.717, 1.165) is 11.3 Å². The molecule has 0 saturated carbocycles. The third-order valence-electron chi connectivity index (χ3n) is 3.18. The van der Waals surface area contributed by atoms with Crippen molar-refractivity contribution in [2.24, 2.45) is 0 Å². The Morgan fingerprint density at radius 3 is 2.33 bits per heavy atom. The van der Waals surface area contributed by atoms with Crippen molar-refractivity contribution in [3.05, 3.63) is 59.1 Å². The van der Waals surface area contributed by atoms with E-state index in [2.05, 4.69) is 5.32 Å². The fourth-order valence-corrected chi connectivity index (χ4v) is 2.31. The van der Waals surface area contributed by atoms with Gasteiger partial charge in [-0.2, -0.15) is 0 Å². The molecule has 1 atom stereocenters. The van der Waals surface area contributed by atoms with Crippen LogP contribution in [0.25, 0.3) is 0 Å². The maximum atomic E-state index is 6.11. The molecule has 0 aliphatic rings. The van der Waals surface area contributed by atoms with Crippen molar-refractivity contribution in [3.8, 4) is 11.5 Å². The predicted octanol–water partition coefficient (Wildman–Crippen LogP) is 4.08. The van der Waals surface area contributed by atoms with E-state index in [0.29, 0.717) is 24.0 Å². The van der Waals surface area contributed by atoms with Crippen molar-refractivity contribution in [1.82, 2.24) is 5.32 Å². The lowest BCUT2D eigenvalue weighted by Crippen LogP contribution is -2.24. The second-order valence-electron chi connectivity index (χ2n) is 4.55. The van der Waals surface area contributed by atoms with Gasteiger partial charge in [0.1, 0.15) is 18.1 Å². The molecule has 2 aromatic carbocycles. The highest BCUT2D eigenvalue weighted by molar-refractivity contribution is 6.32. The Morgan fingerprint density at radius 2 is 1.67 bits per heavy atom. The maximum Gasteiger partial charge on any atom is 0.137 e. The first-order valence-corrected chi connectivity index (χ1v) is 7.40. The smallest absolute Gasteiger partial charge is 0.137 e. The molecule has 0 aliphatic carbocycles. The molecular weight excluding hydrogens is 286 g/mol. The Kier molecular flexibility index (Phi) is 5.90. The summed E-state index contributed by atoms with van der Waals surface area (Å²) in [6, 6.07) is 15.5. The molecule has 0 bridgehead atoms. The van der Waals surface area contributed by atoms with Gasteiger partial charge in [0.15, 0.2) is 0 Å². The summed E-state index contributed by atoms with van der Waals surface area (Å²) in [5, 5.41) is 3.87. The van der Waals surface area contributed by atoms with Crippen LogP contribution in [0.2, 0.25) is 5.02 Å². The van der Waals surface area contributed by atoms with Crippen molar-refractivity contribution in [1.29, 1.82) is 0 Å². The summed E-state index contributed by atoms with van der Waals surface area (Å²) in [7, 11) is 1.91. The number of para-hydroxylation sites is 2. The highest BCUT2D eigenvalue weighted by atomic mass is 35.5. The van der Waals surface area contributed by atoms with E-state index in [1.54, 1.807) is 0 Å². The molecule has 0 heterocycles. The summed E-state index contributed by atoms with van der Waals surface area (Å²) in [4.78, 5) is 0. The Bertz CT molecular complexity index is 574. The molecule has 2 rings (SSSR count). The highest BCUT2D eigenvalue weighted by Gasteiger charge is 2.15. The topological polar surface area (TPSA) is 30.5 Å². The first-order valence-electron chi connectivity index (χ1n) is 7.02. The lowest BCUT2D eigenvalue weighted by atomic mass is 10.1. The zero-order chi connectivity index (χ0) is 15.1. The predicted molar refractivity (Wildman–Crippen MR) is 86.4 cm³/mol. The van der Waals surface area contributed by atoms with Gasteiger partial charge in [0.2, 0.25) is 0 Å². The molecule has 0 fully saturated rings. The molecule has 0 spiro atoms. The van der Waals surface area contributed by atoms with Gasteiger partial charge in [0.05, 0.1) is 17.7 Å². The lowest BCUT2D eigenvalue weighted by molar-refractivity contribution is 0.265. The van der Waals surface area contributed by atoms with Gasteiger partial charge in [-0.1, -0.05) is 41.9 Å². The Hall–Kier alpha value is -1.71. The standard InChI is InChI=1S/C17H20ClNO2/c1-3-20-16-10-6-4-8-13(16)15(19-2)12-21-17-11-7-5-9-14(17)18/h4-11,15,19H,3,12H2,1-2H3. The van der Waals surface area contributed by atoms with Crippen LogP contribution in [-0.2, 0) is 0 Å². The summed E-state index contributed by atoms with van der Waals surface area (Å²) in [5.74, 6) is 1.57. The van der Waals surface area contributed by atoms with Gasteiger partial charge in [0, 0.05) is 5.56 Å². The largest absolute Gasteiger partial charge is 0.494 e. The fourth-order valence-electron chi connectivity index (χ4n) is 2.12. The molecule has 0 amide bonds. The van der Waals surface area contributed by atoms with Crippen molar-refractivity contribution < 1.29 is 9.47 Å². The second kappa shape index (κ2) is 7.91. The van der Waals surface area contributed by atoms with E-state index in [1.807, 2.05) is 62.5 Å².